The molecule has 0 aliphatic carbocycles. The lowest BCUT2D eigenvalue weighted by Crippen LogP contribution is -2.28. The number of primary amides is 1. The zero-order valence-electron chi connectivity index (χ0n) is 13.0. The molecule has 1 aromatic heterocycles. The number of carbonyl (C=O) groups excluding carboxylic acids is 1. The molecule has 0 aliphatic rings. The average Bonchev–Trinajstić information content (AvgIpc) is 2.62. The second-order valence-electron chi connectivity index (χ2n) is 5.30. The summed E-state index contributed by atoms with van der Waals surface area (Å²) >= 11 is 5.92. The fraction of sp³-hybridized carbons (Fsp3) is 0.0556. The predicted molar refractivity (Wildman–Crippen MR) is 94.4 cm³/mol. The number of benzene rings is 2. The smallest absolute Gasteiger partial charge is 0.244 e. The molecule has 0 unspecified atom stereocenters. The molecular weight excluding hydrogens is 343 g/mol. The molecule has 0 radical (unpaired) electrons. The standard InChI is InChI=1S/C18H14ClFN4O/c19-12-6-7-14(20)13(8-12)15-9-22-10-16(23-15)24-17(18(21)25)11-4-2-1-3-5-11/h1-10,17H,(H2,21,25)(H,23,24)/t17-/m1/s1. The van der Waals surface area contributed by atoms with Gasteiger partial charge in [-0.1, -0.05) is 41.9 Å². The Balaban J connectivity index is 1.93. The van der Waals surface area contributed by atoms with Gasteiger partial charge in [-0.15, -0.1) is 0 Å². The molecule has 3 aromatic rings. The van der Waals surface area contributed by atoms with E-state index < -0.39 is 17.8 Å². The third-order valence-corrected chi connectivity index (χ3v) is 3.78. The van der Waals surface area contributed by atoms with Gasteiger partial charge in [-0.2, -0.15) is 0 Å². The van der Waals surface area contributed by atoms with Crippen LogP contribution in [0.5, 0.6) is 0 Å². The van der Waals surface area contributed by atoms with Crippen molar-refractivity contribution in [2.45, 2.75) is 6.04 Å². The van der Waals surface area contributed by atoms with Crippen LogP contribution in [-0.4, -0.2) is 15.9 Å². The lowest BCUT2D eigenvalue weighted by atomic mass is 10.1. The van der Waals surface area contributed by atoms with Crippen LogP contribution in [0, 0.1) is 5.82 Å². The predicted octanol–water partition coefficient (Wildman–Crippen LogP) is 3.57. The van der Waals surface area contributed by atoms with Crippen molar-refractivity contribution in [2.75, 3.05) is 5.32 Å². The van der Waals surface area contributed by atoms with Gasteiger partial charge in [-0.25, -0.2) is 9.37 Å². The Bertz CT molecular complexity index is 905. The number of hydrogen-bond acceptors (Lipinski definition) is 4. The summed E-state index contributed by atoms with van der Waals surface area (Å²) < 4.78 is 14.0. The third kappa shape index (κ3) is 3.92. The minimum atomic E-state index is -0.782. The second-order valence-corrected chi connectivity index (χ2v) is 5.74. The fourth-order valence-corrected chi connectivity index (χ4v) is 2.54. The van der Waals surface area contributed by atoms with Gasteiger partial charge in [0, 0.05) is 10.6 Å². The molecule has 0 bridgehead atoms. The maximum absolute atomic E-state index is 14.0. The van der Waals surface area contributed by atoms with Gasteiger partial charge in [-0.05, 0) is 23.8 Å². The molecule has 126 valence electrons. The largest absolute Gasteiger partial charge is 0.368 e. The Morgan fingerprint density at radius 2 is 1.92 bits per heavy atom. The van der Waals surface area contributed by atoms with E-state index >= 15 is 0 Å². The van der Waals surface area contributed by atoms with E-state index in [1.807, 2.05) is 6.07 Å². The van der Waals surface area contributed by atoms with Crippen molar-refractivity contribution in [1.82, 2.24) is 9.97 Å². The molecule has 2 aromatic carbocycles. The molecule has 0 aliphatic heterocycles. The molecule has 1 heterocycles. The Morgan fingerprint density at radius 3 is 2.64 bits per heavy atom. The second kappa shape index (κ2) is 7.27. The number of aromatic nitrogens is 2. The number of rotatable bonds is 5. The molecule has 0 spiro atoms. The molecule has 1 atom stereocenters. The van der Waals surface area contributed by atoms with Gasteiger partial charge in [0.2, 0.25) is 5.91 Å². The Kier molecular flexibility index (Phi) is 4.90. The maximum Gasteiger partial charge on any atom is 0.244 e. The SMILES string of the molecule is NC(=O)[C@H](Nc1cncc(-c2cc(Cl)ccc2F)n1)c1ccccc1. The maximum atomic E-state index is 14.0. The van der Waals surface area contributed by atoms with Crippen LogP contribution in [0.15, 0.2) is 60.9 Å². The first kappa shape index (κ1) is 16.9. The van der Waals surface area contributed by atoms with Crippen molar-refractivity contribution in [1.29, 1.82) is 0 Å². The number of hydrogen-bond donors (Lipinski definition) is 2. The summed E-state index contributed by atoms with van der Waals surface area (Å²) in [4.78, 5) is 20.2. The molecule has 0 saturated carbocycles. The highest BCUT2D eigenvalue weighted by Crippen LogP contribution is 2.26. The fourth-order valence-electron chi connectivity index (χ4n) is 2.37. The Morgan fingerprint density at radius 1 is 1.16 bits per heavy atom. The van der Waals surface area contributed by atoms with E-state index in [1.54, 1.807) is 24.3 Å². The van der Waals surface area contributed by atoms with Gasteiger partial charge in [-0.3, -0.25) is 9.78 Å². The van der Waals surface area contributed by atoms with Crippen LogP contribution in [0.4, 0.5) is 10.2 Å². The molecule has 3 rings (SSSR count). The zero-order valence-corrected chi connectivity index (χ0v) is 13.7. The first-order valence-electron chi connectivity index (χ1n) is 7.43. The summed E-state index contributed by atoms with van der Waals surface area (Å²) in [6.07, 6.45) is 2.85. The highest BCUT2D eigenvalue weighted by atomic mass is 35.5. The normalized spacial score (nSPS) is 11.8. The van der Waals surface area contributed by atoms with E-state index in [-0.39, 0.29) is 5.56 Å². The van der Waals surface area contributed by atoms with E-state index in [1.165, 1.54) is 30.6 Å². The summed E-state index contributed by atoms with van der Waals surface area (Å²) in [5.41, 5.74) is 6.69. The van der Waals surface area contributed by atoms with E-state index in [4.69, 9.17) is 17.3 Å². The van der Waals surface area contributed by atoms with Gasteiger partial charge < -0.3 is 11.1 Å². The van der Waals surface area contributed by atoms with E-state index in [9.17, 15) is 9.18 Å². The van der Waals surface area contributed by atoms with E-state index in [2.05, 4.69) is 15.3 Å². The van der Waals surface area contributed by atoms with Crippen LogP contribution in [0.1, 0.15) is 11.6 Å². The van der Waals surface area contributed by atoms with Gasteiger partial charge in [0.1, 0.15) is 17.7 Å². The van der Waals surface area contributed by atoms with Crippen molar-refractivity contribution < 1.29 is 9.18 Å². The number of halogens is 2. The van der Waals surface area contributed by atoms with Gasteiger partial charge in [0.05, 0.1) is 18.1 Å². The number of nitrogens with two attached hydrogens (primary N) is 1. The quantitative estimate of drug-likeness (QED) is 0.732. The molecule has 0 saturated heterocycles. The number of anilines is 1. The summed E-state index contributed by atoms with van der Waals surface area (Å²) in [6.45, 7) is 0. The molecule has 5 nitrogen and oxygen atoms in total. The van der Waals surface area contributed by atoms with E-state index in [0.717, 1.165) is 0 Å². The highest BCUT2D eigenvalue weighted by Gasteiger charge is 2.18. The summed E-state index contributed by atoms with van der Waals surface area (Å²) in [5.74, 6) is -0.734. The first-order chi connectivity index (χ1) is 12.0. The topological polar surface area (TPSA) is 80.9 Å². The van der Waals surface area contributed by atoms with Crippen molar-refractivity contribution >= 4 is 23.3 Å². The number of carbonyl (C=O) groups is 1. The molecule has 0 fully saturated rings. The van der Waals surface area contributed by atoms with Crippen molar-refractivity contribution in [2.24, 2.45) is 5.73 Å². The molecular formula is C18H14ClFN4O. The molecule has 3 N–H and O–H groups in total. The summed E-state index contributed by atoms with van der Waals surface area (Å²) in [6, 6.07) is 12.4. The zero-order chi connectivity index (χ0) is 17.8. The van der Waals surface area contributed by atoms with Crippen molar-refractivity contribution in [3.8, 4) is 11.3 Å². The molecule has 7 heteroatoms. The lowest BCUT2D eigenvalue weighted by molar-refractivity contribution is -0.118. The van der Waals surface area contributed by atoms with Crippen LogP contribution in [-0.2, 0) is 4.79 Å². The van der Waals surface area contributed by atoms with E-state index in [0.29, 0.717) is 22.1 Å². The summed E-state index contributed by atoms with van der Waals surface area (Å²) in [7, 11) is 0. The molecule has 25 heavy (non-hydrogen) atoms. The van der Waals surface area contributed by atoms with Crippen LogP contribution in [0.3, 0.4) is 0 Å². The Hall–Kier alpha value is -2.99. The van der Waals surface area contributed by atoms with Gasteiger partial charge >= 0.3 is 0 Å². The third-order valence-electron chi connectivity index (χ3n) is 3.55. The monoisotopic (exact) mass is 356 g/mol. The average molecular weight is 357 g/mol. The van der Waals surface area contributed by atoms with Crippen LogP contribution in [0.2, 0.25) is 5.02 Å². The Labute approximate surface area is 148 Å². The van der Waals surface area contributed by atoms with Crippen molar-refractivity contribution in [3.05, 3.63) is 77.3 Å². The van der Waals surface area contributed by atoms with Crippen LogP contribution < -0.4 is 11.1 Å². The minimum absolute atomic E-state index is 0.221. The number of amides is 1. The minimum Gasteiger partial charge on any atom is -0.368 e. The van der Waals surface area contributed by atoms with Crippen LogP contribution >= 0.6 is 11.6 Å². The van der Waals surface area contributed by atoms with Crippen molar-refractivity contribution in [3.63, 3.8) is 0 Å². The molecule has 1 amide bonds. The lowest BCUT2D eigenvalue weighted by Gasteiger charge is -2.16. The number of nitrogens with one attached hydrogen (secondary N) is 1. The van der Waals surface area contributed by atoms with Gasteiger partial charge in [0.15, 0.2) is 0 Å². The highest BCUT2D eigenvalue weighted by molar-refractivity contribution is 6.30. The number of nitrogens with zero attached hydrogens (tertiary/aromatic N) is 2. The summed E-state index contributed by atoms with van der Waals surface area (Å²) in [5, 5.41) is 3.32. The van der Waals surface area contributed by atoms with Gasteiger partial charge in [0.25, 0.3) is 0 Å². The first-order valence-corrected chi connectivity index (χ1v) is 7.80. The van der Waals surface area contributed by atoms with Crippen LogP contribution in [0.25, 0.3) is 11.3 Å².